The van der Waals surface area contributed by atoms with Gasteiger partial charge in [-0.05, 0) is 108 Å². The first-order valence-corrected chi connectivity index (χ1v) is 17.9. The Hall–Kier alpha value is -3.54. The Morgan fingerprint density at radius 2 is 1.14 bits per heavy atom. The van der Waals surface area contributed by atoms with Crippen LogP contribution in [0.4, 0.5) is 13.2 Å². The molecule has 0 bridgehead atoms. The second-order valence-electron chi connectivity index (χ2n) is 12.7. The fourth-order valence-electron chi connectivity index (χ4n) is 2.85. The molecule has 0 saturated heterocycles. The first-order valence-electron chi connectivity index (χ1n) is 17.9. The van der Waals surface area contributed by atoms with E-state index in [0.717, 1.165) is 31.7 Å². The van der Waals surface area contributed by atoms with Gasteiger partial charge in [-0.15, -0.1) is 11.7 Å². The van der Waals surface area contributed by atoms with Crippen LogP contribution >= 0.6 is 0 Å². The van der Waals surface area contributed by atoms with Crippen molar-refractivity contribution in [2.45, 2.75) is 144 Å². The molecule has 2 aromatic carbocycles. The van der Waals surface area contributed by atoms with Crippen molar-refractivity contribution in [2.75, 3.05) is 14.1 Å². The number of amidine groups is 1. The predicted molar refractivity (Wildman–Crippen MR) is 229 cm³/mol. The molecule has 0 spiro atoms. The molecule has 51 heavy (non-hydrogen) atoms. The van der Waals surface area contributed by atoms with Crippen LogP contribution in [-0.4, -0.2) is 26.1 Å². The summed E-state index contributed by atoms with van der Waals surface area (Å²) in [6.07, 6.45) is -0.426. The van der Waals surface area contributed by atoms with Crippen LogP contribution in [0.25, 0.3) is 5.57 Å². The van der Waals surface area contributed by atoms with Gasteiger partial charge in [0.25, 0.3) is 5.84 Å². The summed E-state index contributed by atoms with van der Waals surface area (Å²) in [6, 6.07) is 10.8. The van der Waals surface area contributed by atoms with Gasteiger partial charge in [0.2, 0.25) is 0 Å². The van der Waals surface area contributed by atoms with Gasteiger partial charge in [-0.2, -0.15) is 18.3 Å². The molecule has 0 amide bonds. The minimum atomic E-state index is -4.49. The number of allylic oxidation sites excluding steroid dienone is 4. The van der Waals surface area contributed by atoms with Crippen LogP contribution < -0.4 is 0 Å². The molecule has 0 aliphatic rings. The van der Waals surface area contributed by atoms with E-state index in [1.165, 1.54) is 50.9 Å². The molecule has 0 aliphatic carbocycles. The monoisotopic (exact) mass is 718 g/mol. The SMILES string of the molecule is C=C(C)C.C=C(C)c1cc(C)cc(C)c1C.C=CC(=C)CC.CC.CC.CCC(C)(C)C.CN=NC(=NC)C(F)(F)F.Cc1cccc(C)c1C. The largest absolute Gasteiger partial charge is 0.453 e. The number of aliphatic imine (C=N–C) groups is 1. The molecule has 2 rings (SSSR count). The zero-order valence-electron chi connectivity index (χ0n) is 36.7. The average Bonchev–Trinajstić information content (AvgIpc) is 3.05. The van der Waals surface area contributed by atoms with Crippen LogP contribution in [0.1, 0.15) is 135 Å². The first-order chi connectivity index (χ1) is 23.4. The summed E-state index contributed by atoms with van der Waals surface area (Å²) in [5, 5.41) is 5.71. The Morgan fingerprint density at radius 3 is 1.33 bits per heavy atom. The Bertz CT molecular complexity index is 1260. The summed E-state index contributed by atoms with van der Waals surface area (Å²) in [4.78, 5) is 2.88. The minimum absolute atomic E-state index is 0.542. The zero-order valence-corrected chi connectivity index (χ0v) is 36.7. The van der Waals surface area contributed by atoms with Crippen molar-refractivity contribution in [1.29, 1.82) is 0 Å². The Balaban J connectivity index is -0.000000120. The average molecular weight is 718 g/mol. The molecule has 3 nitrogen and oxygen atoms in total. The van der Waals surface area contributed by atoms with Crippen LogP contribution in [0.3, 0.4) is 0 Å². The van der Waals surface area contributed by atoms with Crippen molar-refractivity contribution in [3.05, 3.63) is 113 Å². The number of hydrogen-bond donors (Lipinski definition) is 0. The van der Waals surface area contributed by atoms with E-state index in [1.54, 1.807) is 6.08 Å². The van der Waals surface area contributed by atoms with E-state index in [-0.39, 0.29) is 0 Å². The number of nitrogens with zero attached hydrogens (tertiary/aromatic N) is 3. The molecule has 0 heterocycles. The Morgan fingerprint density at radius 1 is 0.745 bits per heavy atom. The highest BCUT2D eigenvalue weighted by Crippen LogP contribution is 2.21. The highest BCUT2D eigenvalue weighted by molar-refractivity contribution is 5.87. The number of hydrogen-bond acceptors (Lipinski definition) is 2. The molecular weight excluding hydrogens is 640 g/mol. The van der Waals surface area contributed by atoms with E-state index in [2.05, 4.69) is 155 Å². The van der Waals surface area contributed by atoms with Crippen LogP contribution in [0, 0.1) is 47.0 Å². The molecule has 294 valence electrons. The lowest BCUT2D eigenvalue weighted by atomic mass is 9.94. The summed E-state index contributed by atoms with van der Waals surface area (Å²) in [5.41, 5.74) is 13.5. The van der Waals surface area contributed by atoms with Crippen molar-refractivity contribution in [2.24, 2.45) is 20.6 Å². The first kappa shape index (κ1) is 59.6. The van der Waals surface area contributed by atoms with Crippen molar-refractivity contribution >= 4 is 11.4 Å². The number of aryl methyl sites for hydroxylation is 4. The number of rotatable bonds is 3. The molecule has 2 aromatic rings. The molecule has 0 N–H and O–H groups in total. The van der Waals surface area contributed by atoms with E-state index in [1.807, 2.05) is 41.5 Å². The molecule has 0 fully saturated rings. The Kier molecular flexibility index (Phi) is 40.8. The maximum atomic E-state index is 11.6. The lowest BCUT2D eigenvalue weighted by molar-refractivity contribution is -0.0601. The summed E-state index contributed by atoms with van der Waals surface area (Å²) in [7, 11) is 2.16. The number of halogens is 3. The highest BCUT2D eigenvalue weighted by Gasteiger charge is 2.35. The fraction of sp³-hybridized carbons (Fsp3) is 0.533. The molecular formula is C45H78F3N3. The lowest BCUT2D eigenvalue weighted by Crippen LogP contribution is -2.20. The third kappa shape index (κ3) is 39.1. The van der Waals surface area contributed by atoms with E-state index in [9.17, 15) is 13.2 Å². The van der Waals surface area contributed by atoms with Crippen molar-refractivity contribution < 1.29 is 13.2 Å². The van der Waals surface area contributed by atoms with E-state index >= 15 is 0 Å². The second-order valence-corrected chi connectivity index (χ2v) is 12.7. The zero-order chi connectivity index (χ0) is 42.1. The number of azo groups is 1. The van der Waals surface area contributed by atoms with Gasteiger partial charge in [-0.1, -0.05) is 147 Å². The normalized spacial score (nSPS) is 9.98. The van der Waals surface area contributed by atoms with E-state index < -0.39 is 12.0 Å². The van der Waals surface area contributed by atoms with Crippen LogP contribution in [0.15, 0.2) is 89.1 Å². The van der Waals surface area contributed by atoms with Gasteiger partial charge in [-0.3, -0.25) is 4.99 Å². The van der Waals surface area contributed by atoms with Crippen molar-refractivity contribution in [1.82, 2.24) is 0 Å². The molecule has 0 aliphatic heterocycles. The highest BCUT2D eigenvalue weighted by atomic mass is 19.4. The van der Waals surface area contributed by atoms with E-state index in [0.29, 0.717) is 5.41 Å². The molecule has 0 aromatic heterocycles. The van der Waals surface area contributed by atoms with Crippen molar-refractivity contribution in [3.63, 3.8) is 0 Å². The van der Waals surface area contributed by atoms with Gasteiger partial charge in [0.05, 0.1) is 0 Å². The standard InChI is InChI=1S/C12H16.C9H12.C6H14.C6H10.C4H6F3N3.C4H8.2C2H6/c1-8(2)12-7-9(3)6-10(4)11(12)5;1-7-5-4-6-8(2)9(7)3;1-5-6(2,3)4;1-4-6(3)5-2;1-8-3(10-9-2)4(5,6)7;1-4(2)3;2*1-2/h6-7H,1H2,2-5H3;4-6H,1-3H3;5H2,1-4H3;4H,1,3,5H2,2H3;1-2H3;1H2,2-3H3;2*1-2H3. The maximum Gasteiger partial charge on any atom is 0.453 e. The van der Waals surface area contributed by atoms with Crippen molar-refractivity contribution in [3.8, 4) is 0 Å². The van der Waals surface area contributed by atoms with Crippen LogP contribution in [0.2, 0.25) is 0 Å². The van der Waals surface area contributed by atoms with Crippen LogP contribution in [0.5, 0.6) is 0 Å². The molecule has 0 atom stereocenters. The van der Waals surface area contributed by atoms with Gasteiger partial charge in [-0.25, -0.2) is 0 Å². The third-order valence-corrected chi connectivity index (χ3v) is 6.61. The predicted octanol–water partition coefficient (Wildman–Crippen LogP) is 16.1. The van der Waals surface area contributed by atoms with Gasteiger partial charge in [0, 0.05) is 14.1 Å². The molecule has 0 saturated carbocycles. The van der Waals surface area contributed by atoms with Gasteiger partial charge in [0.1, 0.15) is 0 Å². The quantitative estimate of drug-likeness (QED) is 0.0997. The number of alkyl halides is 3. The minimum Gasteiger partial charge on any atom is -0.264 e. The van der Waals surface area contributed by atoms with Gasteiger partial charge < -0.3 is 0 Å². The smallest absolute Gasteiger partial charge is 0.264 e. The second kappa shape index (κ2) is 34.9. The molecule has 6 heteroatoms. The lowest BCUT2D eigenvalue weighted by Gasteiger charge is -2.12. The molecule has 0 radical (unpaired) electrons. The summed E-state index contributed by atoms with van der Waals surface area (Å²) < 4.78 is 34.9. The van der Waals surface area contributed by atoms with Gasteiger partial charge >= 0.3 is 6.18 Å². The third-order valence-electron chi connectivity index (χ3n) is 6.61. The molecule has 0 unspecified atom stereocenters. The number of benzene rings is 2. The van der Waals surface area contributed by atoms with E-state index in [4.69, 9.17) is 0 Å². The fourth-order valence-corrected chi connectivity index (χ4v) is 2.85. The Labute approximate surface area is 315 Å². The maximum absolute atomic E-state index is 11.6. The summed E-state index contributed by atoms with van der Waals surface area (Å²) >= 11 is 0. The summed E-state index contributed by atoms with van der Waals surface area (Å²) in [5.74, 6) is -1.21. The summed E-state index contributed by atoms with van der Waals surface area (Å²) in [6.45, 7) is 52.6. The van der Waals surface area contributed by atoms with Gasteiger partial charge in [0.15, 0.2) is 0 Å². The van der Waals surface area contributed by atoms with Crippen LogP contribution in [-0.2, 0) is 0 Å². The topological polar surface area (TPSA) is 37.1 Å².